The summed E-state index contributed by atoms with van der Waals surface area (Å²) in [6.07, 6.45) is 2.73. The first-order chi connectivity index (χ1) is 12.4. The number of hydrogen-bond acceptors (Lipinski definition) is 4. The van der Waals surface area contributed by atoms with E-state index >= 15 is 0 Å². The van der Waals surface area contributed by atoms with E-state index in [1.54, 1.807) is 25.3 Å². The normalized spacial score (nSPS) is 11.7. The number of nitrogens with zero attached hydrogens (tertiary/aromatic N) is 1. The van der Waals surface area contributed by atoms with Crippen LogP contribution in [0.1, 0.15) is 47.1 Å². The third kappa shape index (κ3) is 4.68. The standard InChI is InChI=1S/C19H23BrN2O4S/c1-11(2)22-10-15(18(23)17(20)13(22)4)19(24)21-9-14-6-7-16(12(3)8-14)27(5,25)26/h6-8,10-11H,9H2,1-5H3,(H,21,24). The van der Waals surface area contributed by atoms with Crippen LogP contribution in [0, 0.1) is 13.8 Å². The van der Waals surface area contributed by atoms with E-state index in [4.69, 9.17) is 0 Å². The van der Waals surface area contributed by atoms with Crippen molar-refractivity contribution < 1.29 is 13.2 Å². The summed E-state index contributed by atoms with van der Waals surface area (Å²) in [5.74, 6) is -0.472. The zero-order chi connectivity index (χ0) is 20.5. The number of sulfone groups is 1. The quantitative estimate of drug-likeness (QED) is 0.751. The molecule has 0 radical (unpaired) electrons. The van der Waals surface area contributed by atoms with Crippen LogP contribution in [0.2, 0.25) is 0 Å². The molecule has 8 heteroatoms. The number of rotatable bonds is 5. The molecule has 1 aromatic heterocycles. The van der Waals surface area contributed by atoms with E-state index in [-0.39, 0.29) is 28.5 Å². The highest BCUT2D eigenvalue weighted by molar-refractivity contribution is 9.10. The maximum atomic E-state index is 12.5. The van der Waals surface area contributed by atoms with Gasteiger partial charge in [-0.3, -0.25) is 9.59 Å². The summed E-state index contributed by atoms with van der Waals surface area (Å²) in [4.78, 5) is 25.2. The van der Waals surface area contributed by atoms with Crippen LogP contribution >= 0.6 is 15.9 Å². The van der Waals surface area contributed by atoms with Gasteiger partial charge in [-0.15, -0.1) is 0 Å². The number of pyridine rings is 1. The van der Waals surface area contributed by atoms with Crippen molar-refractivity contribution in [3.05, 3.63) is 61.5 Å². The SMILES string of the molecule is Cc1cc(CNC(=O)c2cn(C(C)C)c(C)c(Br)c2=O)ccc1S(C)(=O)=O. The Kier molecular flexibility index (Phi) is 6.32. The van der Waals surface area contributed by atoms with Crippen molar-refractivity contribution in [1.29, 1.82) is 0 Å². The van der Waals surface area contributed by atoms with Crippen LogP contribution in [0.3, 0.4) is 0 Å². The van der Waals surface area contributed by atoms with Gasteiger partial charge < -0.3 is 9.88 Å². The Balaban J connectivity index is 2.27. The molecule has 0 spiro atoms. The summed E-state index contributed by atoms with van der Waals surface area (Å²) >= 11 is 3.28. The number of nitrogens with one attached hydrogen (secondary N) is 1. The van der Waals surface area contributed by atoms with Crippen LogP contribution in [-0.2, 0) is 16.4 Å². The number of aromatic nitrogens is 1. The molecule has 0 aliphatic carbocycles. The summed E-state index contributed by atoms with van der Waals surface area (Å²) < 4.78 is 25.6. The average molecular weight is 455 g/mol. The van der Waals surface area contributed by atoms with Gasteiger partial charge in [-0.05, 0) is 60.8 Å². The first kappa shape index (κ1) is 21.4. The highest BCUT2D eigenvalue weighted by atomic mass is 79.9. The number of carbonyl (C=O) groups is 1. The van der Waals surface area contributed by atoms with Crippen LogP contribution < -0.4 is 10.7 Å². The summed E-state index contributed by atoms with van der Waals surface area (Å²) in [7, 11) is -3.29. The van der Waals surface area contributed by atoms with Crippen molar-refractivity contribution in [2.45, 2.75) is 45.2 Å². The molecule has 2 rings (SSSR count). The van der Waals surface area contributed by atoms with Crippen LogP contribution in [0.25, 0.3) is 0 Å². The molecule has 0 saturated carbocycles. The smallest absolute Gasteiger partial charge is 0.257 e. The number of hydrogen-bond donors (Lipinski definition) is 1. The van der Waals surface area contributed by atoms with Crippen LogP contribution in [0.15, 0.2) is 38.6 Å². The van der Waals surface area contributed by atoms with E-state index in [1.807, 2.05) is 25.3 Å². The molecule has 0 atom stereocenters. The molecule has 146 valence electrons. The Bertz CT molecular complexity index is 1060. The molecule has 1 aromatic carbocycles. The number of amides is 1. The van der Waals surface area contributed by atoms with Gasteiger partial charge in [-0.1, -0.05) is 12.1 Å². The highest BCUT2D eigenvalue weighted by Crippen LogP contribution is 2.18. The van der Waals surface area contributed by atoms with Crippen molar-refractivity contribution in [3.8, 4) is 0 Å². The van der Waals surface area contributed by atoms with Crippen LogP contribution in [0.5, 0.6) is 0 Å². The van der Waals surface area contributed by atoms with E-state index in [1.165, 1.54) is 6.07 Å². The lowest BCUT2D eigenvalue weighted by Gasteiger charge is -2.17. The monoisotopic (exact) mass is 454 g/mol. The minimum atomic E-state index is -3.29. The zero-order valence-corrected chi connectivity index (χ0v) is 18.4. The van der Waals surface area contributed by atoms with Crippen molar-refractivity contribution in [2.24, 2.45) is 0 Å². The lowest BCUT2D eigenvalue weighted by atomic mass is 10.1. The molecular weight excluding hydrogens is 432 g/mol. The Morgan fingerprint density at radius 3 is 2.41 bits per heavy atom. The molecule has 0 bridgehead atoms. The Morgan fingerprint density at radius 1 is 1.26 bits per heavy atom. The van der Waals surface area contributed by atoms with Gasteiger partial charge in [-0.2, -0.15) is 0 Å². The summed E-state index contributed by atoms with van der Waals surface area (Å²) in [6, 6.07) is 5.00. The zero-order valence-electron chi connectivity index (χ0n) is 16.0. The molecule has 0 aliphatic heterocycles. The maximum Gasteiger partial charge on any atom is 0.257 e. The second kappa shape index (κ2) is 7.98. The molecule has 1 N–H and O–H groups in total. The first-order valence-electron chi connectivity index (χ1n) is 8.42. The molecule has 1 heterocycles. The van der Waals surface area contributed by atoms with Gasteiger partial charge in [0.05, 0.1) is 9.37 Å². The molecule has 0 unspecified atom stereocenters. The predicted molar refractivity (Wildman–Crippen MR) is 109 cm³/mol. The highest BCUT2D eigenvalue weighted by Gasteiger charge is 2.18. The summed E-state index contributed by atoms with van der Waals surface area (Å²) in [6.45, 7) is 7.66. The van der Waals surface area contributed by atoms with E-state index < -0.39 is 15.7 Å². The fourth-order valence-corrected chi connectivity index (χ4v) is 4.28. The first-order valence-corrected chi connectivity index (χ1v) is 11.1. The third-order valence-electron chi connectivity index (χ3n) is 4.31. The van der Waals surface area contributed by atoms with Crippen LogP contribution in [0.4, 0.5) is 0 Å². The number of benzene rings is 1. The third-order valence-corrected chi connectivity index (χ3v) is 6.50. The van der Waals surface area contributed by atoms with Crippen LogP contribution in [-0.4, -0.2) is 25.1 Å². The molecule has 0 saturated heterocycles. The van der Waals surface area contributed by atoms with Gasteiger partial charge in [0.25, 0.3) is 5.91 Å². The Hall–Kier alpha value is -1.93. The number of carbonyl (C=O) groups excluding carboxylic acids is 1. The van der Waals surface area contributed by atoms with Gasteiger partial charge in [0, 0.05) is 30.7 Å². The van der Waals surface area contributed by atoms with E-state index in [2.05, 4.69) is 21.2 Å². The molecule has 27 heavy (non-hydrogen) atoms. The molecule has 0 fully saturated rings. The van der Waals surface area contributed by atoms with Crippen molar-refractivity contribution in [1.82, 2.24) is 9.88 Å². The minimum absolute atomic E-state index is 0.0608. The molecule has 0 aliphatic rings. The van der Waals surface area contributed by atoms with Gasteiger partial charge in [0.1, 0.15) is 5.56 Å². The molecule has 1 amide bonds. The predicted octanol–water partition coefficient (Wildman–Crippen LogP) is 3.14. The summed E-state index contributed by atoms with van der Waals surface area (Å²) in [5, 5.41) is 2.73. The lowest BCUT2D eigenvalue weighted by molar-refractivity contribution is 0.0948. The minimum Gasteiger partial charge on any atom is -0.348 e. The van der Waals surface area contributed by atoms with E-state index in [0.717, 1.165) is 17.5 Å². The second-order valence-electron chi connectivity index (χ2n) is 6.83. The molecule has 2 aromatic rings. The van der Waals surface area contributed by atoms with Crippen molar-refractivity contribution >= 4 is 31.7 Å². The number of halogens is 1. The van der Waals surface area contributed by atoms with Gasteiger partial charge in [-0.25, -0.2) is 8.42 Å². The maximum absolute atomic E-state index is 12.5. The fraction of sp³-hybridized carbons (Fsp3) is 0.368. The second-order valence-corrected chi connectivity index (χ2v) is 9.60. The van der Waals surface area contributed by atoms with E-state index in [9.17, 15) is 18.0 Å². The van der Waals surface area contributed by atoms with Gasteiger partial charge in [0.2, 0.25) is 5.43 Å². The van der Waals surface area contributed by atoms with E-state index in [0.29, 0.717) is 10.0 Å². The molecular formula is C19H23BrN2O4S. The lowest BCUT2D eigenvalue weighted by Crippen LogP contribution is -2.30. The van der Waals surface area contributed by atoms with Crippen molar-refractivity contribution in [2.75, 3.05) is 6.26 Å². The topological polar surface area (TPSA) is 85.2 Å². The Labute approximate surface area is 167 Å². The Morgan fingerprint density at radius 2 is 1.89 bits per heavy atom. The molecule has 6 nitrogen and oxygen atoms in total. The fourth-order valence-electron chi connectivity index (χ4n) is 2.90. The van der Waals surface area contributed by atoms with Gasteiger partial charge in [0.15, 0.2) is 9.84 Å². The summed E-state index contributed by atoms with van der Waals surface area (Å²) in [5.41, 5.74) is 1.84. The van der Waals surface area contributed by atoms with Gasteiger partial charge >= 0.3 is 0 Å². The average Bonchev–Trinajstić information content (AvgIpc) is 2.56. The van der Waals surface area contributed by atoms with Crippen molar-refractivity contribution in [3.63, 3.8) is 0 Å². The largest absolute Gasteiger partial charge is 0.348 e. The number of aryl methyl sites for hydroxylation is 1.